The Labute approximate surface area is 151 Å². The van der Waals surface area contributed by atoms with Crippen molar-refractivity contribution in [1.29, 1.82) is 0 Å². The van der Waals surface area contributed by atoms with E-state index in [2.05, 4.69) is 26.9 Å². The minimum Gasteiger partial charge on any atom is -0.412 e. The molecule has 1 aromatic rings. The maximum absolute atomic E-state index is 4.53. The minimum absolute atomic E-state index is 0. The monoisotopic (exact) mass is 361 g/mol. The molecule has 1 aliphatic carbocycles. The van der Waals surface area contributed by atoms with E-state index in [0.29, 0.717) is 0 Å². The summed E-state index contributed by atoms with van der Waals surface area (Å²) in [6, 6.07) is 7.03. The van der Waals surface area contributed by atoms with Crippen molar-refractivity contribution in [3.63, 3.8) is 0 Å². The Morgan fingerprint density at radius 1 is 0.957 bits per heavy atom. The second-order valence-electron chi connectivity index (χ2n) is 6.82. The highest BCUT2D eigenvalue weighted by Gasteiger charge is 2.39. The molecule has 6 heteroatoms. The van der Waals surface area contributed by atoms with E-state index in [1.165, 1.54) is 51.7 Å². The van der Waals surface area contributed by atoms with Gasteiger partial charge in [-0.05, 0) is 36.8 Å². The fourth-order valence-corrected chi connectivity index (χ4v) is 4.59. The molecule has 3 aliphatic rings. The lowest BCUT2D eigenvalue weighted by atomic mass is 9.72. The number of fused-ring (bicyclic) bond motifs is 2. The smallest absolute Gasteiger partial charge is 0.128 e. The SMILES string of the molecule is Cl.Cl.O.c1ccc(N2CCN3CC4CCCCC4CC3C2)nc1. The summed E-state index contributed by atoms with van der Waals surface area (Å²) in [6.45, 7) is 4.92. The lowest BCUT2D eigenvalue weighted by Gasteiger charge is -2.50. The lowest BCUT2D eigenvalue weighted by molar-refractivity contribution is 0.0319. The highest BCUT2D eigenvalue weighted by molar-refractivity contribution is 5.85. The highest BCUT2D eigenvalue weighted by atomic mass is 35.5. The summed E-state index contributed by atoms with van der Waals surface area (Å²) in [6.07, 6.45) is 9.25. The molecule has 2 saturated heterocycles. The standard InChI is InChI=1S/C17H25N3.2ClH.H2O/c1-2-6-15-12-19-9-10-20(17-7-3-4-8-18-17)13-16(19)11-14(15)5-1;;;/h3-4,7-8,14-16H,1-2,5-6,9-13H2;2*1H;1H2. The summed E-state index contributed by atoms with van der Waals surface area (Å²) >= 11 is 0. The molecule has 3 fully saturated rings. The Kier molecular flexibility index (Phi) is 8.08. The Balaban J connectivity index is 0.000000882. The first-order valence-corrected chi connectivity index (χ1v) is 8.30. The zero-order valence-corrected chi connectivity index (χ0v) is 15.2. The van der Waals surface area contributed by atoms with Crippen LogP contribution in [0.25, 0.3) is 0 Å². The van der Waals surface area contributed by atoms with Crippen LogP contribution in [0.2, 0.25) is 0 Å². The molecule has 1 saturated carbocycles. The van der Waals surface area contributed by atoms with E-state index >= 15 is 0 Å². The molecule has 2 aliphatic heterocycles. The van der Waals surface area contributed by atoms with Crippen LogP contribution < -0.4 is 4.90 Å². The fraction of sp³-hybridized carbons (Fsp3) is 0.706. The van der Waals surface area contributed by atoms with Crippen LogP contribution in [0.4, 0.5) is 5.82 Å². The quantitative estimate of drug-likeness (QED) is 0.772. The van der Waals surface area contributed by atoms with Crippen LogP contribution in [0.3, 0.4) is 0 Å². The van der Waals surface area contributed by atoms with E-state index in [-0.39, 0.29) is 30.3 Å². The van der Waals surface area contributed by atoms with E-state index in [1.807, 2.05) is 12.3 Å². The second-order valence-corrected chi connectivity index (χ2v) is 6.82. The molecule has 3 heterocycles. The molecule has 0 aromatic carbocycles. The summed E-state index contributed by atoms with van der Waals surface area (Å²) in [4.78, 5) is 9.79. The maximum atomic E-state index is 4.53. The first-order chi connectivity index (χ1) is 9.90. The second kappa shape index (κ2) is 9.07. The number of hydrogen-bond donors (Lipinski definition) is 0. The summed E-state index contributed by atoms with van der Waals surface area (Å²) in [7, 11) is 0. The number of aromatic nitrogens is 1. The minimum atomic E-state index is 0. The largest absolute Gasteiger partial charge is 0.412 e. The summed E-state index contributed by atoms with van der Waals surface area (Å²) in [5, 5.41) is 0. The topological polar surface area (TPSA) is 50.9 Å². The fourth-order valence-electron chi connectivity index (χ4n) is 4.59. The Morgan fingerprint density at radius 2 is 1.74 bits per heavy atom. The van der Waals surface area contributed by atoms with Crippen LogP contribution in [0, 0.1) is 11.8 Å². The maximum Gasteiger partial charge on any atom is 0.128 e. The van der Waals surface area contributed by atoms with Crippen molar-refractivity contribution in [1.82, 2.24) is 9.88 Å². The molecule has 3 unspecified atom stereocenters. The summed E-state index contributed by atoms with van der Waals surface area (Å²) < 4.78 is 0. The molecular formula is C17H29Cl2N3O. The van der Waals surface area contributed by atoms with Crippen molar-refractivity contribution in [2.75, 3.05) is 31.1 Å². The predicted octanol–water partition coefficient (Wildman–Crippen LogP) is 2.80. The van der Waals surface area contributed by atoms with E-state index < -0.39 is 0 Å². The van der Waals surface area contributed by atoms with Gasteiger partial charge in [-0.3, -0.25) is 4.90 Å². The number of piperidine rings is 1. The number of piperazine rings is 1. The lowest BCUT2D eigenvalue weighted by Crippen LogP contribution is -2.58. The van der Waals surface area contributed by atoms with Gasteiger partial charge in [-0.15, -0.1) is 24.8 Å². The van der Waals surface area contributed by atoms with Gasteiger partial charge in [-0.1, -0.05) is 25.3 Å². The van der Waals surface area contributed by atoms with Crippen LogP contribution in [0.15, 0.2) is 24.4 Å². The number of hydrogen-bond acceptors (Lipinski definition) is 3. The van der Waals surface area contributed by atoms with Crippen molar-refractivity contribution in [3.05, 3.63) is 24.4 Å². The third kappa shape index (κ3) is 4.30. The van der Waals surface area contributed by atoms with Gasteiger partial charge < -0.3 is 10.4 Å². The average molecular weight is 362 g/mol. The molecule has 0 bridgehead atoms. The molecule has 3 atom stereocenters. The van der Waals surface area contributed by atoms with Gasteiger partial charge in [0.2, 0.25) is 0 Å². The summed E-state index contributed by atoms with van der Waals surface area (Å²) in [5.74, 6) is 3.17. The predicted molar refractivity (Wildman–Crippen MR) is 100.0 cm³/mol. The van der Waals surface area contributed by atoms with Gasteiger partial charge in [-0.25, -0.2) is 4.98 Å². The molecule has 2 N–H and O–H groups in total. The Hall–Kier alpha value is -0.550. The number of pyridine rings is 1. The third-order valence-corrected chi connectivity index (χ3v) is 5.69. The molecule has 4 rings (SSSR count). The number of halogens is 2. The zero-order chi connectivity index (χ0) is 13.4. The Bertz CT molecular complexity index is 462. The first kappa shape index (κ1) is 20.5. The first-order valence-electron chi connectivity index (χ1n) is 8.30. The number of anilines is 1. The molecule has 0 spiro atoms. The number of rotatable bonds is 1. The molecule has 132 valence electrons. The zero-order valence-electron chi connectivity index (χ0n) is 13.6. The molecule has 23 heavy (non-hydrogen) atoms. The molecular weight excluding hydrogens is 333 g/mol. The van der Waals surface area contributed by atoms with Gasteiger partial charge in [-0.2, -0.15) is 0 Å². The van der Waals surface area contributed by atoms with Crippen LogP contribution in [-0.4, -0.2) is 47.6 Å². The van der Waals surface area contributed by atoms with Crippen molar-refractivity contribution in [2.45, 2.75) is 38.1 Å². The normalized spacial score (nSPS) is 29.9. The van der Waals surface area contributed by atoms with E-state index in [4.69, 9.17) is 0 Å². The van der Waals surface area contributed by atoms with E-state index in [1.54, 1.807) is 0 Å². The van der Waals surface area contributed by atoms with Crippen LogP contribution in [0.1, 0.15) is 32.1 Å². The van der Waals surface area contributed by atoms with Crippen molar-refractivity contribution < 1.29 is 5.48 Å². The molecule has 1 aromatic heterocycles. The van der Waals surface area contributed by atoms with Crippen LogP contribution in [-0.2, 0) is 0 Å². The molecule has 0 radical (unpaired) electrons. The van der Waals surface area contributed by atoms with Crippen LogP contribution >= 0.6 is 24.8 Å². The van der Waals surface area contributed by atoms with Crippen molar-refractivity contribution in [3.8, 4) is 0 Å². The van der Waals surface area contributed by atoms with Gasteiger partial charge in [0.1, 0.15) is 5.82 Å². The summed E-state index contributed by atoms with van der Waals surface area (Å²) in [5.41, 5.74) is 0. The van der Waals surface area contributed by atoms with Crippen LogP contribution in [0.5, 0.6) is 0 Å². The van der Waals surface area contributed by atoms with Gasteiger partial charge in [0.05, 0.1) is 0 Å². The molecule has 4 nitrogen and oxygen atoms in total. The van der Waals surface area contributed by atoms with Gasteiger partial charge in [0, 0.05) is 38.4 Å². The average Bonchev–Trinajstić information content (AvgIpc) is 2.53. The number of nitrogens with zero attached hydrogens (tertiary/aromatic N) is 3. The van der Waals surface area contributed by atoms with Gasteiger partial charge >= 0.3 is 0 Å². The van der Waals surface area contributed by atoms with Crippen molar-refractivity contribution >= 4 is 30.6 Å². The highest BCUT2D eigenvalue weighted by Crippen LogP contribution is 2.39. The van der Waals surface area contributed by atoms with Crippen molar-refractivity contribution in [2.24, 2.45) is 11.8 Å². The van der Waals surface area contributed by atoms with E-state index in [9.17, 15) is 0 Å². The molecule has 0 amide bonds. The van der Waals surface area contributed by atoms with Gasteiger partial charge in [0.25, 0.3) is 0 Å². The van der Waals surface area contributed by atoms with E-state index in [0.717, 1.165) is 30.2 Å². The third-order valence-electron chi connectivity index (χ3n) is 5.69. The van der Waals surface area contributed by atoms with Gasteiger partial charge in [0.15, 0.2) is 0 Å². The Morgan fingerprint density at radius 3 is 2.48 bits per heavy atom.